The van der Waals surface area contributed by atoms with Crippen LogP contribution in [-0.2, 0) is 6.54 Å². The summed E-state index contributed by atoms with van der Waals surface area (Å²) in [6.45, 7) is 0.558. The van der Waals surface area contributed by atoms with Gasteiger partial charge in [0, 0.05) is 12.1 Å². The molecule has 0 aliphatic rings. The van der Waals surface area contributed by atoms with Gasteiger partial charge in [-0.2, -0.15) is 0 Å². The molecule has 0 unspecified atom stereocenters. The zero-order valence-electron chi connectivity index (χ0n) is 6.99. The average Bonchev–Trinajstić information content (AvgIpc) is 2.71. The van der Waals surface area contributed by atoms with E-state index in [1.54, 1.807) is 0 Å². The summed E-state index contributed by atoms with van der Waals surface area (Å²) in [7, 11) is 0. The molecule has 4 heteroatoms. The van der Waals surface area contributed by atoms with E-state index in [1.807, 2.05) is 24.3 Å². The molecule has 0 bridgehead atoms. The molecular weight excluding hydrogens is 164 g/mol. The number of H-pyrrole nitrogens is 1. The summed E-state index contributed by atoms with van der Waals surface area (Å²) in [6.07, 6.45) is 2.55. The van der Waals surface area contributed by atoms with Crippen molar-refractivity contribution < 1.29 is 0 Å². The molecule has 2 rings (SSSR count). The van der Waals surface area contributed by atoms with Gasteiger partial charge in [-0.1, -0.05) is 24.3 Å². The number of hydrogen-bond donors (Lipinski definition) is 2. The predicted octanol–water partition coefficient (Wildman–Crippen LogP) is 0.731. The standard InChI is InChI=1S/C9H9N4/c10-5-7-1-3-8(4-2-7)9-11-6-12-13-9/h1-4H,5,10H2,(H,11,12,13). The molecule has 0 aliphatic heterocycles. The lowest BCUT2D eigenvalue weighted by atomic mass is 10.1. The quantitative estimate of drug-likeness (QED) is 0.703. The van der Waals surface area contributed by atoms with Crippen LogP contribution in [0.25, 0.3) is 11.4 Å². The van der Waals surface area contributed by atoms with Crippen LogP contribution in [0.4, 0.5) is 0 Å². The Balaban J connectivity index is 2.33. The molecule has 65 valence electrons. The highest BCUT2D eigenvalue weighted by molar-refractivity contribution is 5.54. The summed E-state index contributed by atoms with van der Waals surface area (Å²) >= 11 is 0. The maximum absolute atomic E-state index is 5.48. The van der Waals surface area contributed by atoms with Gasteiger partial charge in [0.15, 0.2) is 12.2 Å². The molecular formula is C9H9N4. The minimum Gasteiger partial charge on any atom is -0.326 e. The number of nitrogens with zero attached hydrogens (tertiary/aromatic N) is 2. The first kappa shape index (κ1) is 7.94. The molecule has 1 heterocycles. The summed E-state index contributed by atoms with van der Waals surface area (Å²) in [5.41, 5.74) is 7.57. The van der Waals surface area contributed by atoms with E-state index >= 15 is 0 Å². The molecule has 0 aliphatic carbocycles. The number of hydrogen-bond acceptors (Lipinski definition) is 3. The van der Waals surface area contributed by atoms with Crippen LogP contribution < -0.4 is 5.73 Å². The van der Waals surface area contributed by atoms with E-state index < -0.39 is 0 Å². The Kier molecular flexibility index (Phi) is 2.06. The van der Waals surface area contributed by atoms with Crippen LogP contribution in [0.1, 0.15) is 5.56 Å². The highest BCUT2D eigenvalue weighted by Crippen LogP contribution is 2.13. The monoisotopic (exact) mass is 173 g/mol. The molecule has 0 saturated heterocycles. The molecule has 0 spiro atoms. The topological polar surface area (TPSA) is 67.6 Å². The van der Waals surface area contributed by atoms with E-state index in [9.17, 15) is 0 Å². The van der Waals surface area contributed by atoms with Gasteiger partial charge in [0.2, 0.25) is 0 Å². The Bertz CT molecular complexity index is 363. The Morgan fingerprint density at radius 3 is 2.62 bits per heavy atom. The van der Waals surface area contributed by atoms with E-state index in [2.05, 4.69) is 21.5 Å². The fourth-order valence-corrected chi connectivity index (χ4v) is 1.11. The molecule has 13 heavy (non-hydrogen) atoms. The predicted molar refractivity (Wildman–Crippen MR) is 48.5 cm³/mol. The maximum Gasteiger partial charge on any atom is 0.199 e. The largest absolute Gasteiger partial charge is 0.326 e. The van der Waals surface area contributed by atoms with E-state index in [0.717, 1.165) is 17.0 Å². The van der Waals surface area contributed by atoms with Crippen LogP contribution in [0.5, 0.6) is 0 Å². The summed E-state index contributed by atoms with van der Waals surface area (Å²) < 4.78 is 0. The van der Waals surface area contributed by atoms with Crippen LogP contribution in [0.2, 0.25) is 0 Å². The fraction of sp³-hybridized carbons (Fsp3) is 0.111. The van der Waals surface area contributed by atoms with Crippen LogP contribution in [0.3, 0.4) is 0 Å². The van der Waals surface area contributed by atoms with E-state index in [1.165, 1.54) is 0 Å². The van der Waals surface area contributed by atoms with Crippen molar-refractivity contribution in [2.24, 2.45) is 5.73 Å². The zero-order chi connectivity index (χ0) is 9.10. The molecule has 0 saturated carbocycles. The highest BCUT2D eigenvalue weighted by atomic mass is 15.2. The number of nitrogens with two attached hydrogens (primary N) is 1. The van der Waals surface area contributed by atoms with E-state index in [0.29, 0.717) is 6.54 Å². The van der Waals surface area contributed by atoms with Crippen LogP contribution >= 0.6 is 0 Å². The third-order valence-electron chi connectivity index (χ3n) is 1.84. The molecule has 0 amide bonds. The molecule has 1 aromatic carbocycles. The van der Waals surface area contributed by atoms with Crippen molar-refractivity contribution in [2.45, 2.75) is 6.54 Å². The summed E-state index contributed by atoms with van der Waals surface area (Å²) in [5, 5.41) is 7.44. The molecule has 1 aromatic heterocycles. The maximum atomic E-state index is 5.48. The van der Waals surface area contributed by atoms with Gasteiger partial charge in [-0.05, 0) is 5.56 Å². The number of rotatable bonds is 2. The molecule has 4 nitrogen and oxygen atoms in total. The van der Waals surface area contributed by atoms with Crippen LogP contribution in [0.15, 0.2) is 24.3 Å². The van der Waals surface area contributed by atoms with E-state index in [4.69, 9.17) is 5.73 Å². The van der Waals surface area contributed by atoms with Gasteiger partial charge in [0.25, 0.3) is 0 Å². The van der Waals surface area contributed by atoms with Crippen LogP contribution in [-0.4, -0.2) is 15.2 Å². The van der Waals surface area contributed by atoms with Crippen molar-refractivity contribution in [3.8, 4) is 11.4 Å². The second-order valence-corrected chi connectivity index (χ2v) is 2.69. The van der Waals surface area contributed by atoms with Gasteiger partial charge < -0.3 is 10.7 Å². The Morgan fingerprint density at radius 2 is 2.08 bits per heavy atom. The summed E-state index contributed by atoms with van der Waals surface area (Å²) in [6, 6.07) is 7.85. The Labute approximate surface area is 75.8 Å². The molecule has 2 aromatic rings. The minimum atomic E-state index is 0.558. The van der Waals surface area contributed by atoms with Gasteiger partial charge in [-0.25, -0.2) is 0 Å². The number of nitrogens with one attached hydrogen (secondary N) is 1. The van der Waals surface area contributed by atoms with Crippen LogP contribution in [0, 0.1) is 6.33 Å². The summed E-state index contributed by atoms with van der Waals surface area (Å²) in [4.78, 5) is 2.81. The zero-order valence-corrected chi connectivity index (χ0v) is 6.99. The third kappa shape index (κ3) is 1.57. The molecule has 0 atom stereocenters. The normalized spacial score (nSPS) is 10.2. The molecule has 0 fully saturated rings. The Hall–Kier alpha value is -1.68. The third-order valence-corrected chi connectivity index (χ3v) is 1.84. The first-order valence-electron chi connectivity index (χ1n) is 3.98. The fourth-order valence-electron chi connectivity index (χ4n) is 1.11. The molecule has 3 N–H and O–H groups in total. The Morgan fingerprint density at radius 1 is 1.31 bits per heavy atom. The van der Waals surface area contributed by atoms with Crippen molar-refractivity contribution >= 4 is 0 Å². The number of aromatic nitrogens is 3. The van der Waals surface area contributed by atoms with Crippen molar-refractivity contribution in [3.05, 3.63) is 36.2 Å². The number of benzene rings is 1. The lowest BCUT2D eigenvalue weighted by molar-refractivity contribution is 1.07. The van der Waals surface area contributed by atoms with Crippen molar-refractivity contribution in [2.75, 3.05) is 0 Å². The van der Waals surface area contributed by atoms with Crippen molar-refractivity contribution in [1.29, 1.82) is 0 Å². The van der Waals surface area contributed by atoms with Gasteiger partial charge in [0.05, 0.1) is 0 Å². The van der Waals surface area contributed by atoms with Gasteiger partial charge >= 0.3 is 0 Å². The van der Waals surface area contributed by atoms with Gasteiger partial charge in [-0.15, -0.1) is 10.2 Å². The van der Waals surface area contributed by atoms with E-state index in [-0.39, 0.29) is 0 Å². The SMILES string of the molecule is NCc1ccc(-c2nn[c][nH]2)cc1. The average molecular weight is 173 g/mol. The lowest BCUT2D eigenvalue weighted by Crippen LogP contribution is -1.95. The van der Waals surface area contributed by atoms with Gasteiger partial charge in [-0.3, -0.25) is 0 Å². The minimum absolute atomic E-state index is 0.558. The second kappa shape index (κ2) is 3.37. The smallest absolute Gasteiger partial charge is 0.199 e. The second-order valence-electron chi connectivity index (χ2n) is 2.69. The first-order chi connectivity index (χ1) is 6.40. The first-order valence-corrected chi connectivity index (χ1v) is 3.98. The van der Waals surface area contributed by atoms with Crippen molar-refractivity contribution in [3.63, 3.8) is 0 Å². The van der Waals surface area contributed by atoms with Gasteiger partial charge in [0.1, 0.15) is 0 Å². The highest BCUT2D eigenvalue weighted by Gasteiger charge is 1.99. The lowest BCUT2D eigenvalue weighted by Gasteiger charge is -1.97. The van der Waals surface area contributed by atoms with Crippen molar-refractivity contribution in [1.82, 2.24) is 15.2 Å². The number of aromatic amines is 1. The molecule has 1 radical (unpaired) electrons. The summed E-state index contributed by atoms with van der Waals surface area (Å²) in [5.74, 6) is 0.726.